The van der Waals surface area contributed by atoms with Crippen LogP contribution >= 0.6 is 0 Å². The molecule has 6 nitrogen and oxygen atoms in total. The highest BCUT2D eigenvalue weighted by atomic mass is 16.3. The van der Waals surface area contributed by atoms with Crippen molar-refractivity contribution in [2.24, 2.45) is 5.92 Å². The number of carbonyl (C=O) groups excluding carboxylic acids is 1. The lowest BCUT2D eigenvalue weighted by molar-refractivity contribution is -0.133. The summed E-state index contributed by atoms with van der Waals surface area (Å²) in [5.41, 5.74) is 2.23. The van der Waals surface area contributed by atoms with Crippen LogP contribution in [0.25, 0.3) is 0 Å². The van der Waals surface area contributed by atoms with Gasteiger partial charge in [0.25, 0.3) is 0 Å². The van der Waals surface area contributed by atoms with E-state index in [0.717, 1.165) is 69.8 Å². The Morgan fingerprint density at radius 1 is 1.10 bits per heavy atom. The van der Waals surface area contributed by atoms with Gasteiger partial charge in [0.05, 0.1) is 6.42 Å². The highest BCUT2D eigenvalue weighted by molar-refractivity contribution is 5.79. The normalized spacial score (nSPS) is 23.9. The number of likely N-dealkylation sites (N-methyl/N-ethyl adjacent to an activating group) is 1. The minimum Gasteiger partial charge on any atom is -0.396 e. The van der Waals surface area contributed by atoms with E-state index >= 15 is 0 Å². The van der Waals surface area contributed by atoms with Gasteiger partial charge in [0.2, 0.25) is 5.91 Å². The summed E-state index contributed by atoms with van der Waals surface area (Å²) >= 11 is 0. The first-order chi connectivity index (χ1) is 14.0. The van der Waals surface area contributed by atoms with Crippen LogP contribution < -0.4 is 4.90 Å². The summed E-state index contributed by atoms with van der Waals surface area (Å²) in [4.78, 5) is 22.1. The Balaban J connectivity index is 1.59. The van der Waals surface area contributed by atoms with E-state index in [2.05, 4.69) is 50.9 Å². The van der Waals surface area contributed by atoms with Gasteiger partial charge in [-0.1, -0.05) is 12.1 Å². The van der Waals surface area contributed by atoms with Gasteiger partial charge in [0.1, 0.15) is 0 Å². The van der Waals surface area contributed by atoms with E-state index in [0.29, 0.717) is 18.4 Å². The van der Waals surface area contributed by atoms with E-state index in [-0.39, 0.29) is 12.5 Å². The third-order valence-corrected chi connectivity index (χ3v) is 6.59. The zero-order chi connectivity index (χ0) is 20.8. The number of hydrogen-bond donors (Lipinski definition) is 1. The molecule has 2 heterocycles. The van der Waals surface area contributed by atoms with Crippen molar-refractivity contribution in [2.45, 2.75) is 31.7 Å². The fourth-order valence-electron chi connectivity index (χ4n) is 4.72. The molecule has 0 radical (unpaired) electrons. The molecule has 0 aliphatic carbocycles. The highest BCUT2D eigenvalue weighted by Gasteiger charge is 2.35. The number of benzene rings is 1. The number of carbonyl (C=O) groups is 1. The predicted molar refractivity (Wildman–Crippen MR) is 118 cm³/mol. The van der Waals surface area contributed by atoms with Crippen molar-refractivity contribution in [1.82, 2.24) is 14.7 Å². The Labute approximate surface area is 176 Å². The van der Waals surface area contributed by atoms with Gasteiger partial charge in [0.15, 0.2) is 0 Å². The van der Waals surface area contributed by atoms with E-state index in [1.165, 1.54) is 0 Å². The first-order valence-electron chi connectivity index (χ1n) is 11.1. The summed E-state index contributed by atoms with van der Waals surface area (Å²) in [6.07, 6.45) is 3.34. The first kappa shape index (κ1) is 22.1. The molecule has 1 N–H and O–H groups in total. The average Bonchev–Trinajstić information content (AvgIpc) is 2.73. The van der Waals surface area contributed by atoms with Gasteiger partial charge in [-0.25, -0.2) is 0 Å². The minimum absolute atomic E-state index is 0.230. The van der Waals surface area contributed by atoms with E-state index in [4.69, 9.17) is 0 Å². The van der Waals surface area contributed by atoms with Crippen LogP contribution in [0, 0.1) is 5.92 Å². The molecule has 2 aliphatic rings. The minimum atomic E-state index is 0.230. The molecule has 1 aromatic carbocycles. The van der Waals surface area contributed by atoms with Crippen LogP contribution in [0.3, 0.4) is 0 Å². The number of amides is 1. The number of rotatable bonds is 7. The van der Waals surface area contributed by atoms with Gasteiger partial charge >= 0.3 is 0 Å². The summed E-state index contributed by atoms with van der Waals surface area (Å²) in [6.45, 7) is 6.38. The molecule has 6 heteroatoms. The smallest absolute Gasteiger partial charge is 0.227 e. The van der Waals surface area contributed by atoms with Gasteiger partial charge in [-0.15, -0.1) is 0 Å². The average molecular weight is 403 g/mol. The molecular formula is C23H38N4O2. The van der Waals surface area contributed by atoms with Crippen LogP contribution in [0.15, 0.2) is 24.3 Å². The van der Waals surface area contributed by atoms with Crippen molar-refractivity contribution in [3.63, 3.8) is 0 Å². The SMILES string of the molecule is CN1CCN([C@H]2CCN(C(=O)Cc3ccc(N(C)C)cc3)C[C@H]2CCCO)CC1. The molecule has 0 spiro atoms. The summed E-state index contributed by atoms with van der Waals surface area (Å²) in [5, 5.41) is 9.36. The van der Waals surface area contributed by atoms with Crippen LogP contribution in [0.5, 0.6) is 0 Å². The van der Waals surface area contributed by atoms with Crippen molar-refractivity contribution in [2.75, 3.05) is 71.9 Å². The third kappa shape index (κ3) is 5.93. The van der Waals surface area contributed by atoms with Gasteiger partial charge in [-0.3, -0.25) is 9.69 Å². The molecule has 0 aromatic heterocycles. The maximum Gasteiger partial charge on any atom is 0.227 e. The van der Waals surface area contributed by atoms with Gasteiger partial charge in [0, 0.05) is 71.7 Å². The predicted octanol–water partition coefficient (Wildman–Crippen LogP) is 1.53. The van der Waals surface area contributed by atoms with Crippen molar-refractivity contribution in [3.8, 4) is 0 Å². The largest absolute Gasteiger partial charge is 0.396 e. The van der Waals surface area contributed by atoms with Crippen LogP contribution in [0.2, 0.25) is 0 Å². The summed E-state index contributed by atoms with van der Waals surface area (Å²) in [5.74, 6) is 0.688. The van der Waals surface area contributed by atoms with E-state index in [9.17, 15) is 9.90 Å². The lowest BCUT2D eigenvalue weighted by Crippen LogP contribution is -2.57. The van der Waals surface area contributed by atoms with E-state index < -0.39 is 0 Å². The number of piperidine rings is 1. The molecule has 3 rings (SSSR count). The van der Waals surface area contributed by atoms with Crippen LogP contribution in [-0.4, -0.2) is 98.8 Å². The van der Waals surface area contributed by atoms with Gasteiger partial charge < -0.3 is 19.8 Å². The fourth-order valence-corrected chi connectivity index (χ4v) is 4.72. The monoisotopic (exact) mass is 402 g/mol. The van der Waals surface area contributed by atoms with Gasteiger partial charge in [-0.2, -0.15) is 0 Å². The number of likely N-dealkylation sites (tertiary alicyclic amines) is 1. The maximum absolute atomic E-state index is 13.0. The van der Waals surface area contributed by atoms with Crippen molar-refractivity contribution in [3.05, 3.63) is 29.8 Å². The second-order valence-electron chi connectivity index (χ2n) is 8.90. The van der Waals surface area contributed by atoms with Crippen molar-refractivity contribution < 1.29 is 9.90 Å². The van der Waals surface area contributed by atoms with Crippen LogP contribution in [0.4, 0.5) is 5.69 Å². The second kappa shape index (κ2) is 10.4. The molecule has 2 aliphatic heterocycles. The quantitative estimate of drug-likeness (QED) is 0.750. The zero-order valence-corrected chi connectivity index (χ0v) is 18.4. The summed E-state index contributed by atoms with van der Waals surface area (Å²) < 4.78 is 0. The second-order valence-corrected chi connectivity index (χ2v) is 8.90. The lowest BCUT2D eigenvalue weighted by atomic mass is 9.86. The third-order valence-electron chi connectivity index (χ3n) is 6.59. The maximum atomic E-state index is 13.0. The molecule has 162 valence electrons. The fraction of sp³-hybridized carbons (Fsp3) is 0.696. The molecule has 1 amide bonds. The lowest BCUT2D eigenvalue weighted by Gasteiger charge is -2.46. The molecule has 1 aromatic rings. The molecule has 2 fully saturated rings. The molecule has 0 saturated carbocycles. The molecule has 0 unspecified atom stereocenters. The number of piperazine rings is 1. The Hall–Kier alpha value is -1.63. The van der Waals surface area contributed by atoms with Crippen molar-refractivity contribution >= 4 is 11.6 Å². The number of hydrogen-bond acceptors (Lipinski definition) is 5. The Bertz CT molecular complexity index is 641. The molecule has 0 bridgehead atoms. The first-order valence-corrected chi connectivity index (χ1v) is 11.1. The number of aliphatic hydroxyl groups is 1. The Morgan fingerprint density at radius 3 is 2.41 bits per heavy atom. The standard InChI is InChI=1S/C23H38N4O2/c1-24(2)21-8-6-19(7-9-21)17-23(29)27-11-10-22(20(18-27)5-4-16-28)26-14-12-25(3)13-15-26/h6-9,20,22,28H,4-5,10-18H2,1-3H3/t20-,22+/m1/s1. The molecule has 2 atom stereocenters. The summed E-state index contributed by atoms with van der Waals surface area (Å²) in [7, 11) is 6.24. The zero-order valence-electron chi connectivity index (χ0n) is 18.4. The van der Waals surface area contributed by atoms with Crippen molar-refractivity contribution in [1.29, 1.82) is 0 Å². The van der Waals surface area contributed by atoms with E-state index in [1.54, 1.807) is 0 Å². The van der Waals surface area contributed by atoms with E-state index in [1.807, 2.05) is 14.1 Å². The number of aliphatic hydroxyl groups excluding tert-OH is 1. The number of anilines is 1. The van der Waals surface area contributed by atoms with Crippen LogP contribution in [-0.2, 0) is 11.2 Å². The topological polar surface area (TPSA) is 50.3 Å². The molecule has 29 heavy (non-hydrogen) atoms. The van der Waals surface area contributed by atoms with Gasteiger partial charge in [-0.05, 0) is 49.9 Å². The molecular weight excluding hydrogens is 364 g/mol. The number of nitrogens with zero attached hydrogens (tertiary/aromatic N) is 4. The molecule has 2 saturated heterocycles. The highest BCUT2D eigenvalue weighted by Crippen LogP contribution is 2.27. The van der Waals surface area contributed by atoms with Crippen LogP contribution in [0.1, 0.15) is 24.8 Å². The summed E-state index contributed by atoms with van der Waals surface area (Å²) in [6, 6.07) is 8.82. The Kier molecular flexibility index (Phi) is 7.92. The Morgan fingerprint density at radius 2 is 1.79 bits per heavy atom.